The molecular formula is C15H26N2O. The second kappa shape index (κ2) is 8.22. The summed E-state index contributed by atoms with van der Waals surface area (Å²) in [5.74, 6) is 0. The predicted octanol–water partition coefficient (Wildman–Crippen LogP) is 3.25. The summed E-state index contributed by atoms with van der Waals surface area (Å²) in [5, 5.41) is 3.54. The van der Waals surface area contributed by atoms with Crippen LogP contribution in [0.4, 0.5) is 0 Å². The van der Waals surface area contributed by atoms with Crippen LogP contribution in [0.15, 0.2) is 18.5 Å². The average molecular weight is 250 g/mol. The van der Waals surface area contributed by atoms with E-state index in [1.54, 1.807) is 0 Å². The molecule has 1 aromatic heterocycles. The zero-order valence-electron chi connectivity index (χ0n) is 12.1. The fourth-order valence-electron chi connectivity index (χ4n) is 2.31. The molecule has 1 N–H and O–H groups in total. The lowest BCUT2D eigenvalue weighted by molar-refractivity contribution is 0.0277. The smallest absolute Gasteiger partial charge is 0.0770 e. The van der Waals surface area contributed by atoms with Crippen LogP contribution in [-0.2, 0) is 4.74 Å². The van der Waals surface area contributed by atoms with Crippen LogP contribution in [0, 0.1) is 6.92 Å². The van der Waals surface area contributed by atoms with Crippen LogP contribution in [-0.4, -0.2) is 24.2 Å². The van der Waals surface area contributed by atoms with E-state index in [-0.39, 0.29) is 12.1 Å². The topological polar surface area (TPSA) is 34.1 Å². The van der Waals surface area contributed by atoms with Gasteiger partial charge in [-0.2, -0.15) is 0 Å². The minimum Gasteiger partial charge on any atom is -0.377 e. The van der Waals surface area contributed by atoms with Gasteiger partial charge in [0.2, 0.25) is 0 Å². The highest BCUT2D eigenvalue weighted by Gasteiger charge is 2.23. The van der Waals surface area contributed by atoms with Crippen molar-refractivity contribution in [2.75, 3.05) is 13.2 Å². The number of ether oxygens (including phenoxy) is 1. The lowest BCUT2D eigenvalue weighted by atomic mass is 9.96. The molecule has 102 valence electrons. The number of aromatic nitrogens is 1. The van der Waals surface area contributed by atoms with Gasteiger partial charge in [-0.05, 0) is 44.0 Å². The summed E-state index contributed by atoms with van der Waals surface area (Å²) in [6.45, 7) is 10.2. The fraction of sp³-hybridized carbons (Fsp3) is 0.667. The highest BCUT2D eigenvalue weighted by molar-refractivity contribution is 5.26. The summed E-state index contributed by atoms with van der Waals surface area (Å²) in [4.78, 5) is 4.26. The highest BCUT2D eigenvalue weighted by atomic mass is 16.5. The zero-order chi connectivity index (χ0) is 13.4. The number of aryl methyl sites for hydroxylation is 1. The molecule has 0 radical (unpaired) electrons. The number of pyridine rings is 1. The standard InChI is InChI=1S/C15H26N2O/c1-5-8-14(18-7-3)15(17-6-2)13-11-16-10-9-12(13)4/h9-11,14-15,17H,5-8H2,1-4H3. The normalized spacial score (nSPS) is 14.4. The van der Waals surface area contributed by atoms with Gasteiger partial charge in [-0.25, -0.2) is 0 Å². The average Bonchev–Trinajstić information content (AvgIpc) is 2.37. The van der Waals surface area contributed by atoms with Crippen LogP contribution in [0.5, 0.6) is 0 Å². The first-order valence-electron chi connectivity index (χ1n) is 7.00. The maximum absolute atomic E-state index is 5.92. The summed E-state index contributed by atoms with van der Waals surface area (Å²) < 4.78 is 5.92. The van der Waals surface area contributed by atoms with Crippen molar-refractivity contribution in [2.24, 2.45) is 0 Å². The zero-order valence-corrected chi connectivity index (χ0v) is 12.1. The second-order valence-electron chi connectivity index (χ2n) is 4.55. The van der Waals surface area contributed by atoms with Crippen LogP contribution in [0.3, 0.4) is 0 Å². The van der Waals surface area contributed by atoms with Gasteiger partial charge in [-0.15, -0.1) is 0 Å². The van der Waals surface area contributed by atoms with Gasteiger partial charge >= 0.3 is 0 Å². The first kappa shape index (κ1) is 15.1. The lowest BCUT2D eigenvalue weighted by Crippen LogP contribution is -2.34. The Bertz CT molecular complexity index is 335. The van der Waals surface area contributed by atoms with Crippen molar-refractivity contribution < 1.29 is 4.74 Å². The van der Waals surface area contributed by atoms with Gasteiger partial charge in [0.25, 0.3) is 0 Å². The quantitative estimate of drug-likeness (QED) is 0.769. The van der Waals surface area contributed by atoms with Gasteiger partial charge in [0.05, 0.1) is 12.1 Å². The summed E-state index contributed by atoms with van der Waals surface area (Å²) in [6.07, 6.45) is 6.23. The third-order valence-electron chi connectivity index (χ3n) is 3.16. The Morgan fingerprint density at radius 1 is 1.33 bits per heavy atom. The first-order valence-corrected chi connectivity index (χ1v) is 7.00. The van der Waals surface area contributed by atoms with E-state index in [4.69, 9.17) is 4.74 Å². The maximum atomic E-state index is 5.92. The Morgan fingerprint density at radius 2 is 2.11 bits per heavy atom. The molecule has 18 heavy (non-hydrogen) atoms. The molecule has 1 aromatic rings. The molecule has 3 nitrogen and oxygen atoms in total. The van der Waals surface area contributed by atoms with Gasteiger partial charge in [0.15, 0.2) is 0 Å². The van der Waals surface area contributed by atoms with Crippen molar-refractivity contribution in [3.63, 3.8) is 0 Å². The van der Waals surface area contributed by atoms with E-state index in [1.165, 1.54) is 11.1 Å². The van der Waals surface area contributed by atoms with Crippen LogP contribution in [0.2, 0.25) is 0 Å². The largest absolute Gasteiger partial charge is 0.377 e. The van der Waals surface area contributed by atoms with Crippen LogP contribution < -0.4 is 5.32 Å². The highest BCUT2D eigenvalue weighted by Crippen LogP contribution is 2.24. The molecule has 0 fully saturated rings. The molecule has 0 aromatic carbocycles. The third kappa shape index (κ3) is 4.07. The Morgan fingerprint density at radius 3 is 2.67 bits per heavy atom. The summed E-state index contributed by atoms with van der Waals surface area (Å²) in [6, 6.07) is 2.30. The molecule has 0 aliphatic rings. The predicted molar refractivity (Wildman–Crippen MR) is 75.7 cm³/mol. The molecule has 0 spiro atoms. The van der Waals surface area contributed by atoms with Gasteiger partial charge in [-0.1, -0.05) is 20.3 Å². The Hall–Kier alpha value is -0.930. The molecular weight excluding hydrogens is 224 g/mol. The number of hydrogen-bond donors (Lipinski definition) is 1. The van der Waals surface area contributed by atoms with Crippen LogP contribution >= 0.6 is 0 Å². The van der Waals surface area contributed by atoms with Crippen LogP contribution in [0.1, 0.15) is 50.8 Å². The van der Waals surface area contributed by atoms with E-state index in [0.29, 0.717) is 0 Å². The summed E-state index contributed by atoms with van der Waals surface area (Å²) in [7, 11) is 0. The van der Waals surface area contributed by atoms with Gasteiger partial charge in [0.1, 0.15) is 0 Å². The minimum absolute atomic E-state index is 0.225. The molecule has 0 amide bonds. The molecule has 2 unspecified atom stereocenters. The summed E-state index contributed by atoms with van der Waals surface area (Å²) >= 11 is 0. The number of likely N-dealkylation sites (N-methyl/N-ethyl adjacent to an activating group) is 1. The van der Waals surface area contributed by atoms with E-state index in [9.17, 15) is 0 Å². The minimum atomic E-state index is 0.225. The molecule has 0 bridgehead atoms. The molecule has 0 saturated carbocycles. The molecule has 2 atom stereocenters. The molecule has 1 rings (SSSR count). The van der Waals surface area contributed by atoms with Crippen molar-refractivity contribution in [1.29, 1.82) is 0 Å². The molecule has 0 saturated heterocycles. The van der Waals surface area contributed by atoms with E-state index in [1.807, 2.05) is 12.4 Å². The van der Waals surface area contributed by atoms with E-state index in [2.05, 4.69) is 44.1 Å². The van der Waals surface area contributed by atoms with Crippen LogP contribution in [0.25, 0.3) is 0 Å². The third-order valence-corrected chi connectivity index (χ3v) is 3.16. The maximum Gasteiger partial charge on any atom is 0.0770 e. The van der Waals surface area contributed by atoms with E-state index < -0.39 is 0 Å². The SMILES string of the molecule is CCCC(OCC)C(NCC)c1cnccc1C. The van der Waals surface area contributed by atoms with Crippen molar-refractivity contribution in [1.82, 2.24) is 10.3 Å². The van der Waals surface area contributed by atoms with Crippen molar-refractivity contribution in [3.8, 4) is 0 Å². The lowest BCUT2D eigenvalue weighted by Gasteiger charge is -2.28. The van der Waals surface area contributed by atoms with Gasteiger partial charge in [-0.3, -0.25) is 4.98 Å². The number of hydrogen-bond acceptors (Lipinski definition) is 3. The van der Waals surface area contributed by atoms with Gasteiger partial charge in [0, 0.05) is 19.0 Å². The molecule has 1 heterocycles. The molecule has 0 aliphatic carbocycles. The number of nitrogens with one attached hydrogen (secondary N) is 1. The molecule has 3 heteroatoms. The van der Waals surface area contributed by atoms with Gasteiger partial charge < -0.3 is 10.1 Å². The monoisotopic (exact) mass is 250 g/mol. The van der Waals surface area contributed by atoms with E-state index in [0.717, 1.165) is 26.0 Å². The second-order valence-corrected chi connectivity index (χ2v) is 4.55. The molecule has 0 aliphatic heterocycles. The van der Waals surface area contributed by atoms with E-state index >= 15 is 0 Å². The van der Waals surface area contributed by atoms with Crippen molar-refractivity contribution >= 4 is 0 Å². The summed E-state index contributed by atoms with van der Waals surface area (Å²) in [5.41, 5.74) is 2.53. The van der Waals surface area contributed by atoms with Crippen molar-refractivity contribution in [2.45, 2.75) is 52.7 Å². The Kier molecular flexibility index (Phi) is 6.91. The Labute approximate surface area is 111 Å². The first-order chi connectivity index (χ1) is 8.74. The Balaban J connectivity index is 2.95. The van der Waals surface area contributed by atoms with Crippen molar-refractivity contribution in [3.05, 3.63) is 29.6 Å². The number of nitrogens with zero attached hydrogens (tertiary/aromatic N) is 1. The number of rotatable bonds is 8. The fourth-order valence-corrected chi connectivity index (χ4v) is 2.31.